The summed E-state index contributed by atoms with van der Waals surface area (Å²) in [6, 6.07) is 0. The van der Waals surface area contributed by atoms with E-state index in [4.69, 9.17) is 0 Å². The Morgan fingerprint density at radius 1 is 0.762 bits per heavy atom. The van der Waals surface area contributed by atoms with Gasteiger partial charge in [-0.05, 0) is 0 Å². The Morgan fingerprint density at radius 2 is 1.24 bits per heavy atom. The van der Waals surface area contributed by atoms with Crippen LogP contribution in [0.4, 0.5) is 0 Å². The quantitative estimate of drug-likeness (QED) is 0.197. The van der Waals surface area contributed by atoms with Crippen LogP contribution in [0.2, 0.25) is 10.6 Å². The monoisotopic (exact) mass is 364 g/mol. The van der Waals surface area contributed by atoms with Crippen molar-refractivity contribution in [1.82, 2.24) is 0 Å². The zero-order valence-electron chi connectivity index (χ0n) is 14.3. The van der Waals surface area contributed by atoms with E-state index < -0.39 is 0 Å². The van der Waals surface area contributed by atoms with E-state index in [2.05, 4.69) is 11.7 Å². The van der Waals surface area contributed by atoms with Gasteiger partial charge < -0.3 is 0 Å². The summed E-state index contributed by atoms with van der Waals surface area (Å²) in [5.74, 6) is -0.0634. The summed E-state index contributed by atoms with van der Waals surface area (Å²) in [4.78, 5) is 10.9. The third-order valence-electron chi connectivity index (χ3n) is 3.79. The van der Waals surface area contributed by atoms with Crippen LogP contribution in [0.3, 0.4) is 0 Å². The standard InChI is InChI=1S/C18H36O2Se/c1-3-4-5-13-16-21-17-14-11-9-7-6-8-10-12-15-18(19)20-2/h3-17H2,1-2H3. The third-order valence-corrected chi connectivity index (χ3v) is 6.21. The van der Waals surface area contributed by atoms with Crippen molar-refractivity contribution in [2.45, 2.75) is 101 Å². The number of hydrogen-bond acceptors (Lipinski definition) is 2. The average Bonchev–Trinajstić information content (AvgIpc) is 2.50. The van der Waals surface area contributed by atoms with Gasteiger partial charge in [0.2, 0.25) is 0 Å². The van der Waals surface area contributed by atoms with Crippen molar-refractivity contribution < 1.29 is 9.53 Å². The van der Waals surface area contributed by atoms with Crippen molar-refractivity contribution in [1.29, 1.82) is 0 Å². The van der Waals surface area contributed by atoms with Crippen LogP contribution in [-0.2, 0) is 9.53 Å². The Hall–Kier alpha value is -0.0105. The molecule has 0 heterocycles. The van der Waals surface area contributed by atoms with E-state index in [9.17, 15) is 4.79 Å². The van der Waals surface area contributed by atoms with Gasteiger partial charge in [-0.1, -0.05) is 0 Å². The summed E-state index contributed by atoms with van der Waals surface area (Å²) in [7, 11) is 1.47. The molecule has 0 atom stereocenters. The van der Waals surface area contributed by atoms with Crippen LogP contribution in [0.25, 0.3) is 0 Å². The molecule has 2 nitrogen and oxygen atoms in total. The second-order valence-corrected chi connectivity index (χ2v) is 8.40. The second-order valence-electron chi connectivity index (χ2n) is 5.83. The fourth-order valence-electron chi connectivity index (χ4n) is 2.37. The first-order valence-electron chi connectivity index (χ1n) is 8.95. The minimum absolute atomic E-state index is 0.0634. The number of carbonyl (C=O) groups is 1. The first-order chi connectivity index (χ1) is 10.3. The normalized spacial score (nSPS) is 10.8. The van der Waals surface area contributed by atoms with Gasteiger partial charge in [0.1, 0.15) is 0 Å². The number of esters is 1. The molecule has 0 fully saturated rings. The first kappa shape index (κ1) is 21.0. The second kappa shape index (κ2) is 18.0. The number of carbonyl (C=O) groups excluding carboxylic acids is 1. The average molecular weight is 363 g/mol. The Labute approximate surface area is 138 Å². The molecular weight excluding hydrogens is 327 g/mol. The minimum Gasteiger partial charge on any atom is 0.0806 e. The van der Waals surface area contributed by atoms with Crippen LogP contribution in [0.1, 0.15) is 90.4 Å². The molecule has 0 aliphatic rings. The van der Waals surface area contributed by atoms with Gasteiger partial charge in [0.05, 0.1) is 7.11 Å². The fraction of sp³-hybridized carbons (Fsp3) is 0.944. The molecule has 0 radical (unpaired) electrons. The summed E-state index contributed by atoms with van der Waals surface area (Å²) in [5.41, 5.74) is 0. The van der Waals surface area contributed by atoms with Crippen LogP contribution in [0.5, 0.6) is 0 Å². The van der Waals surface area contributed by atoms with Crippen LogP contribution in [0.15, 0.2) is 0 Å². The Morgan fingerprint density at radius 3 is 1.76 bits per heavy atom. The molecule has 0 saturated carbocycles. The molecule has 0 rings (SSSR count). The summed E-state index contributed by atoms with van der Waals surface area (Å²) < 4.78 is 4.63. The van der Waals surface area contributed by atoms with Crippen LogP contribution >= 0.6 is 0 Å². The molecule has 3 heteroatoms. The molecule has 0 spiro atoms. The van der Waals surface area contributed by atoms with Crippen LogP contribution < -0.4 is 0 Å². The van der Waals surface area contributed by atoms with Crippen molar-refractivity contribution in [3.63, 3.8) is 0 Å². The van der Waals surface area contributed by atoms with Gasteiger partial charge in [0.15, 0.2) is 0 Å². The molecule has 126 valence electrons. The molecule has 21 heavy (non-hydrogen) atoms. The van der Waals surface area contributed by atoms with Gasteiger partial charge in [-0.25, -0.2) is 0 Å². The van der Waals surface area contributed by atoms with E-state index in [1.807, 2.05) is 0 Å². The molecule has 0 aliphatic heterocycles. The molecule has 0 bridgehead atoms. The van der Waals surface area contributed by atoms with E-state index in [0.29, 0.717) is 6.42 Å². The number of rotatable bonds is 16. The summed E-state index contributed by atoms with van der Waals surface area (Å²) in [6.07, 6.45) is 16.8. The van der Waals surface area contributed by atoms with Gasteiger partial charge >= 0.3 is 131 Å². The summed E-state index contributed by atoms with van der Waals surface area (Å²) >= 11 is 0.918. The number of hydrogen-bond donors (Lipinski definition) is 0. The molecule has 0 unspecified atom stereocenters. The Bertz CT molecular complexity index is 219. The molecule has 0 N–H and O–H groups in total. The van der Waals surface area contributed by atoms with Gasteiger partial charge in [-0.15, -0.1) is 0 Å². The van der Waals surface area contributed by atoms with E-state index in [-0.39, 0.29) is 5.97 Å². The SMILES string of the molecule is CCCCCC[Se]CCCCCCCCCCC(=O)OC. The van der Waals surface area contributed by atoms with Crippen molar-refractivity contribution in [3.8, 4) is 0 Å². The molecule has 0 aromatic rings. The van der Waals surface area contributed by atoms with Gasteiger partial charge in [-0.2, -0.15) is 0 Å². The Balaban J connectivity index is 2.98. The molecule has 0 aromatic heterocycles. The molecule has 0 aromatic carbocycles. The van der Waals surface area contributed by atoms with E-state index in [1.54, 1.807) is 0 Å². The maximum absolute atomic E-state index is 10.9. The predicted octanol–water partition coefficient (Wildman–Crippen LogP) is 5.79. The van der Waals surface area contributed by atoms with Crippen molar-refractivity contribution in [2.75, 3.05) is 7.11 Å². The van der Waals surface area contributed by atoms with E-state index in [0.717, 1.165) is 21.4 Å². The molecular formula is C18H36O2Se. The maximum atomic E-state index is 10.9. The molecule has 0 amide bonds. The number of ether oxygens (including phenoxy) is 1. The minimum atomic E-state index is -0.0634. The van der Waals surface area contributed by atoms with Crippen molar-refractivity contribution in [3.05, 3.63) is 0 Å². The summed E-state index contributed by atoms with van der Waals surface area (Å²) in [6.45, 7) is 2.28. The van der Waals surface area contributed by atoms with Crippen LogP contribution in [0, 0.1) is 0 Å². The van der Waals surface area contributed by atoms with Crippen molar-refractivity contribution in [2.24, 2.45) is 0 Å². The first-order valence-corrected chi connectivity index (χ1v) is 11.4. The predicted molar refractivity (Wildman–Crippen MR) is 93.1 cm³/mol. The van der Waals surface area contributed by atoms with Crippen molar-refractivity contribution >= 4 is 20.9 Å². The van der Waals surface area contributed by atoms with E-state index in [1.165, 1.54) is 88.4 Å². The van der Waals surface area contributed by atoms with Crippen LogP contribution in [-0.4, -0.2) is 28.0 Å². The van der Waals surface area contributed by atoms with Gasteiger partial charge in [0.25, 0.3) is 0 Å². The fourth-order valence-corrected chi connectivity index (χ4v) is 4.51. The Kier molecular flexibility index (Phi) is 18.0. The zero-order chi connectivity index (χ0) is 15.6. The molecule has 0 aliphatic carbocycles. The molecule has 0 saturated heterocycles. The number of methoxy groups -OCH3 is 1. The summed E-state index contributed by atoms with van der Waals surface area (Å²) in [5, 5.41) is 3.01. The van der Waals surface area contributed by atoms with E-state index >= 15 is 0 Å². The number of unbranched alkanes of at least 4 members (excludes halogenated alkanes) is 10. The smallest absolute Gasteiger partial charge is 0.0806 e. The van der Waals surface area contributed by atoms with Gasteiger partial charge in [0, 0.05) is 0 Å². The third kappa shape index (κ3) is 17.9. The topological polar surface area (TPSA) is 26.3 Å². The van der Waals surface area contributed by atoms with Gasteiger partial charge in [-0.3, -0.25) is 0 Å². The zero-order valence-corrected chi connectivity index (χ0v) is 16.0.